The van der Waals surface area contributed by atoms with Crippen LogP contribution in [-0.2, 0) is 11.3 Å². The summed E-state index contributed by atoms with van der Waals surface area (Å²) in [5, 5.41) is 13.1. The van der Waals surface area contributed by atoms with Crippen molar-refractivity contribution in [3.63, 3.8) is 0 Å². The molecule has 1 amide bonds. The predicted octanol–water partition coefficient (Wildman–Crippen LogP) is 3.96. The number of aliphatic hydroxyl groups is 1. The van der Waals surface area contributed by atoms with Gasteiger partial charge in [-0.2, -0.15) is 0 Å². The van der Waals surface area contributed by atoms with Gasteiger partial charge in [0.25, 0.3) is 12.3 Å². The first kappa shape index (κ1) is 23.8. The summed E-state index contributed by atoms with van der Waals surface area (Å²) < 4.78 is 43.1. The second-order valence-electron chi connectivity index (χ2n) is 7.04. The molecule has 0 radical (unpaired) electrons. The number of nitrogens with zero attached hydrogens (tertiary/aromatic N) is 1. The smallest absolute Gasteiger partial charge is 0.293 e. The first-order valence-corrected chi connectivity index (χ1v) is 10.5. The Balaban J connectivity index is 1.94. The highest BCUT2D eigenvalue weighted by Crippen LogP contribution is 2.40. The number of halogens is 3. The minimum Gasteiger partial charge on any atom is -0.497 e. The number of benzene rings is 2. The maximum atomic E-state index is 13.3. The molecule has 2 N–H and O–H groups in total. The van der Waals surface area contributed by atoms with E-state index >= 15 is 0 Å². The van der Waals surface area contributed by atoms with Crippen molar-refractivity contribution in [2.45, 2.75) is 26.0 Å². The summed E-state index contributed by atoms with van der Waals surface area (Å²) in [5.74, 6) is 0.0555. The Labute approximate surface area is 192 Å². The minimum absolute atomic E-state index is 0.0771. The highest BCUT2D eigenvalue weighted by molar-refractivity contribution is 9.10. The molecule has 0 bridgehead atoms. The second-order valence-corrected chi connectivity index (χ2v) is 7.90. The molecule has 0 saturated heterocycles. The van der Waals surface area contributed by atoms with Crippen LogP contribution in [0.25, 0.3) is 0 Å². The molecule has 10 heteroatoms. The number of alkyl halides is 2. The lowest BCUT2D eigenvalue weighted by Crippen LogP contribution is -2.47. The first-order chi connectivity index (χ1) is 15.2. The van der Waals surface area contributed by atoms with Crippen LogP contribution in [0.5, 0.6) is 17.2 Å². The molecule has 1 heterocycles. The van der Waals surface area contributed by atoms with Crippen LogP contribution in [0.3, 0.4) is 0 Å². The second kappa shape index (κ2) is 10.2. The van der Waals surface area contributed by atoms with Gasteiger partial charge in [-0.05, 0) is 52.7 Å². The van der Waals surface area contributed by atoms with Crippen molar-refractivity contribution in [1.29, 1.82) is 0 Å². The highest BCUT2D eigenvalue weighted by Gasteiger charge is 2.32. The van der Waals surface area contributed by atoms with E-state index in [0.717, 1.165) is 11.6 Å². The number of nitrogens with one attached hydrogen (secondary N) is 1. The number of amides is 1. The Bertz CT molecular complexity index is 1010. The molecule has 172 valence electrons. The van der Waals surface area contributed by atoms with Crippen LogP contribution in [0.2, 0.25) is 0 Å². The third-order valence-electron chi connectivity index (χ3n) is 4.84. The van der Waals surface area contributed by atoms with Gasteiger partial charge in [0.2, 0.25) is 5.76 Å². The molecule has 7 nitrogen and oxygen atoms in total. The van der Waals surface area contributed by atoms with Gasteiger partial charge in [0, 0.05) is 12.1 Å². The minimum atomic E-state index is -2.75. The zero-order valence-corrected chi connectivity index (χ0v) is 19.3. The van der Waals surface area contributed by atoms with E-state index in [1.54, 1.807) is 19.2 Å². The average molecular weight is 513 g/mol. The molecule has 2 aromatic carbocycles. The summed E-state index contributed by atoms with van der Waals surface area (Å²) in [6.45, 7) is 1.87. The number of methoxy groups -OCH3 is 2. The Morgan fingerprint density at radius 3 is 2.44 bits per heavy atom. The number of ether oxygens (including phenoxy) is 3. The van der Waals surface area contributed by atoms with Crippen molar-refractivity contribution in [1.82, 2.24) is 10.2 Å². The fourth-order valence-electron chi connectivity index (χ4n) is 3.20. The topological polar surface area (TPSA) is 80.3 Å². The van der Waals surface area contributed by atoms with E-state index in [-0.39, 0.29) is 46.2 Å². The summed E-state index contributed by atoms with van der Waals surface area (Å²) in [7, 11) is 2.92. The molecule has 3 rings (SSSR count). The zero-order valence-electron chi connectivity index (χ0n) is 17.7. The van der Waals surface area contributed by atoms with Crippen LogP contribution in [-0.4, -0.2) is 42.9 Å². The van der Waals surface area contributed by atoms with E-state index in [9.17, 15) is 18.7 Å². The van der Waals surface area contributed by atoms with Crippen LogP contribution in [0.15, 0.2) is 52.3 Å². The van der Waals surface area contributed by atoms with E-state index in [4.69, 9.17) is 14.2 Å². The molecule has 0 spiro atoms. The monoisotopic (exact) mass is 512 g/mol. The summed E-state index contributed by atoms with van der Waals surface area (Å²) in [6.07, 6.45) is -3.80. The van der Waals surface area contributed by atoms with Crippen LogP contribution in [0.1, 0.15) is 24.5 Å². The maximum Gasteiger partial charge on any atom is 0.293 e. The molecule has 1 aliphatic rings. The van der Waals surface area contributed by atoms with Crippen LogP contribution in [0, 0.1) is 0 Å². The van der Waals surface area contributed by atoms with Gasteiger partial charge in [0.15, 0.2) is 11.5 Å². The van der Waals surface area contributed by atoms with E-state index in [1.165, 1.54) is 25.0 Å². The Morgan fingerprint density at radius 1 is 1.19 bits per heavy atom. The van der Waals surface area contributed by atoms with Crippen molar-refractivity contribution < 1.29 is 32.9 Å². The van der Waals surface area contributed by atoms with Crippen LogP contribution < -0.4 is 19.5 Å². The van der Waals surface area contributed by atoms with Crippen LogP contribution >= 0.6 is 15.9 Å². The third-order valence-corrected chi connectivity index (χ3v) is 5.43. The summed E-state index contributed by atoms with van der Waals surface area (Å²) >= 11 is 3.19. The number of carbonyl (C=O) groups excluding carboxylic acids is 1. The van der Waals surface area contributed by atoms with Gasteiger partial charge in [-0.25, -0.2) is 8.78 Å². The lowest BCUT2D eigenvalue weighted by Gasteiger charge is -2.32. The molecule has 1 aliphatic heterocycles. The number of rotatable bonds is 8. The molecule has 0 aliphatic carbocycles. The van der Waals surface area contributed by atoms with Crippen molar-refractivity contribution in [3.8, 4) is 17.2 Å². The van der Waals surface area contributed by atoms with Crippen molar-refractivity contribution >= 4 is 21.8 Å². The van der Waals surface area contributed by atoms with Gasteiger partial charge < -0.3 is 29.5 Å². The fourth-order valence-corrected chi connectivity index (χ4v) is 3.83. The Morgan fingerprint density at radius 2 is 1.88 bits per heavy atom. The van der Waals surface area contributed by atoms with Crippen molar-refractivity contribution in [3.05, 3.63) is 63.5 Å². The number of hydrogen-bond acceptors (Lipinski definition) is 6. The van der Waals surface area contributed by atoms with Gasteiger partial charge >= 0.3 is 0 Å². The molecule has 0 fully saturated rings. The number of aliphatic hydroxyl groups excluding tert-OH is 1. The first-order valence-electron chi connectivity index (χ1n) is 9.66. The SMILES string of the molecule is COc1ccc(CN2CNC(C(C)O)=C(Oc3cc(C(F)F)cc(Br)c3OC)C2=O)cc1. The fraction of sp³-hybridized carbons (Fsp3) is 0.318. The predicted molar refractivity (Wildman–Crippen MR) is 117 cm³/mol. The third kappa shape index (κ3) is 5.13. The van der Waals surface area contributed by atoms with Crippen LogP contribution in [0.4, 0.5) is 8.78 Å². The molecule has 0 aromatic heterocycles. The van der Waals surface area contributed by atoms with Gasteiger partial charge in [-0.3, -0.25) is 4.79 Å². The lowest BCUT2D eigenvalue weighted by atomic mass is 10.1. The van der Waals surface area contributed by atoms with E-state index < -0.39 is 18.4 Å². The standard InChI is InChI=1S/C22H23BrF2N2O5/c1-12(28)18-20(32-17-9-14(21(24)25)8-16(23)19(17)31-3)22(29)27(11-26-18)10-13-4-6-15(30-2)7-5-13/h4-9,12,21,26,28H,10-11H2,1-3H3. The number of hydrogen-bond donors (Lipinski definition) is 2. The quantitative estimate of drug-likeness (QED) is 0.557. The Hall–Kier alpha value is -2.85. The maximum absolute atomic E-state index is 13.3. The van der Waals surface area contributed by atoms with Gasteiger partial charge in [-0.1, -0.05) is 12.1 Å². The summed E-state index contributed by atoms with van der Waals surface area (Å²) in [5.41, 5.74) is 0.695. The largest absolute Gasteiger partial charge is 0.497 e. The molecular weight excluding hydrogens is 490 g/mol. The summed E-state index contributed by atoms with van der Waals surface area (Å²) in [4.78, 5) is 14.7. The molecule has 1 atom stereocenters. The van der Waals surface area contributed by atoms with Gasteiger partial charge in [0.05, 0.1) is 37.2 Å². The summed E-state index contributed by atoms with van der Waals surface area (Å²) in [6, 6.07) is 9.54. The normalized spacial score (nSPS) is 15.0. The molecule has 0 saturated carbocycles. The molecule has 2 aromatic rings. The van der Waals surface area contributed by atoms with Gasteiger partial charge in [0.1, 0.15) is 5.75 Å². The molecule has 1 unspecified atom stereocenters. The Kier molecular flexibility index (Phi) is 7.57. The highest BCUT2D eigenvalue weighted by atomic mass is 79.9. The zero-order chi connectivity index (χ0) is 23.4. The van der Waals surface area contributed by atoms with Gasteiger partial charge in [-0.15, -0.1) is 0 Å². The van der Waals surface area contributed by atoms with E-state index in [2.05, 4.69) is 21.2 Å². The molecule has 32 heavy (non-hydrogen) atoms. The molecular formula is C22H23BrF2N2O5. The van der Waals surface area contributed by atoms with Crippen molar-refractivity contribution in [2.24, 2.45) is 0 Å². The number of carbonyl (C=O) groups is 1. The average Bonchev–Trinajstić information content (AvgIpc) is 2.76. The van der Waals surface area contributed by atoms with Crippen molar-refractivity contribution in [2.75, 3.05) is 20.9 Å². The van der Waals surface area contributed by atoms with E-state index in [1.807, 2.05) is 12.1 Å². The lowest BCUT2D eigenvalue weighted by molar-refractivity contribution is -0.131. The van der Waals surface area contributed by atoms with E-state index in [0.29, 0.717) is 5.75 Å².